The van der Waals surface area contributed by atoms with E-state index in [0.29, 0.717) is 18.7 Å². The molecule has 0 bridgehead atoms. The number of benzene rings is 1. The van der Waals surface area contributed by atoms with E-state index in [1.54, 1.807) is 41.8 Å². The number of likely N-dealkylation sites (N-methyl/N-ethyl adjacent to an activating group) is 1. The molecule has 0 radical (unpaired) electrons. The molecule has 7 nitrogen and oxygen atoms in total. The summed E-state index contributed by atoms with van der Waals surface area (Å²) in [5.41, 5.74) is 0.555. The van der Waals surface area contributed by atoms with E-state index >= 15 is 0 Å². The van der Waals surface area contributed by atoms with Crippen molar-refractivity contribution in [2.45, 2.75) is 9.46 Å². The van der Waals surface area contributed by atoms with Crippen molar-refractivity contribution in [3.8, 4) is 0 Å². The Morgan fingerprint density at radius 1 is 1.04 bits per heavy atom. The van der Waals surface area contributed by atoms with Crippen molar-refractivity contribution in [2.75, 3.05) is 33.7 Å². The maximum atomic E-state index is 13.0. The summed E-state index contributed by atoms with van der Waals surface area (Å²) in [6.45, 7) is 0.734. The third-order valence-corrected chi connectivity index (χ3v) is 7.35. The Balaban J connectivity index is 2.10. The summed E-state index contributed by atoms with van der Waals surface area (Å²) in [5, 5.41) is 5.66. The number of hydrogen-bond acceptors (Lipinski definition) is 6. The quantitative estimate of drug-likeness (QED) is 0.636. The van der Waals surface area contributed by atoms with Gasteiger partial charge in [0.2, 0.25) is 0 Å². The van der Waals surface area contributed by atoms with E-state index in [1.807, 2.05) is 19.0 Å². The molecule has 9 heteroatoms. The van der Waals surface area contributed by atoms with Crippen LogP contribution in [0, 0.1) is 0 Å². The van der Waals surface area contributed by atoms with Gasteiger partial charge in [0.15, 0.2) is 9.84 Å². The number of sulfone groups is 1. The summed E-state index contributed by atoms with van der Waals surface area (Å²) >= 11 is 1.12. The molecule has 1 aromatic heterocycles. The first-order chi connectivity index (χ1) is 12.8. The predicted octanol–water partition coefficient (Wildman–Crippen LogP) is 1.06. The molecule has 27 heavy (non-hydrogen) atoms. The Morgan fingerprint density at radius 2 is 1.70 bits per heavy atom. The molecule has 0 fully saturated rings. The lowest BCUT2D eigenvalue weighted by molar-refractivity contribution is -0.139. The van der Waals surface area contributed by atoms with Crippen LogP contribution < -0.4 is 10.6 Å². The molecule has 2 aromatic rings. The fourth-order valence-electron chi connectivity index (χ4n) is 2.38. The number of rotatable bonds is 8. The van der Waals surface area contributed by atoms with Crippen LogP contribution in [0.5, 0.6) is 0 Å². The first kappa shape index (κ1) is 21.1. The second kappa shape index (κ2) is 9.63. The smallest absolute Gasteiger partial charge is 0.309 e. The van der Waals surface area contributed by atoms with Gasteiger partial charge in [-0.25, -0.2) is 8.42 Å². The maximum Gasteiger partial charge on any atom is 0.309 e. The number of nitrogens with zero attached hydrogens (tertiary/aromatic N) is 1. The van der Waals surface area contributed by atoms with E-state index in [1.165, 1.54) is 6.07 Å². The minimum absolute atomic E-state index is 0.190. The Kier molecular flexibility index (Phi) is 7.52. The first-order valence-electron chi connectivity index (χ1n) is 8.35. The van der Waals surface area contributed by atoms with Crippen molar-refractivity contribution in [3.63, 3.8) is 0 Å². The zero-order valence-corrected chi connectivity index (χ0v) is 16.8. The van der Waals surface area contributed by atoms with E-state index in [9.17, 15) is 18.0 Å². The van der Waals surface area contributed by atoms with Gasteiger partial charge in [-0.05, 0) is 31.1 Å². The summed E-state index contributed by atoms with van der Waals surface area (Å²) in [4.78, 5) is 25.8. The van der Waals surface area contributed by atoms with E-state index in [4.69, 9.17) is 0 Å². The molecule has 0 aliphatic heterocycles. The topological polar surface area (TPSA) is 95.6 Å². The highest BCUT2D eigenvalue weighted by Gasteiger charge is 2.31. The van der Waals surface area contributed by atoms with Crippen LogP contribution in [-0.2, 0) is 19.4 Å². The number of carbonyl (C=O) groups is 2. The molecule has 0 aliphatic rings. The van der Waals surface area contributed by atoms with E-state index < -0.39 is 26.9 Å². The van der Waals surface area contributed by atoms with Gasteiger partial charge in [0, 0.05) is 19.6 Å². The van der Waals surface area contributed by atoms with E-state index in [-0.39, 0.29) is 10.8 Å². The van der Waals surface area contributed by atoms with Crippen molar-refractivity contribution in [3.05, 3.63) is 53.4 Å². The molecule has 2 amide bonds. The number of carbonyl (C=O) groups excluding carboxylic acids is 2. The van der Waals surface area contributed by atoms with Crippen LogP contribution in [-0.4, -0.2) is 58.9 Å². The van der Waals surface area contributed by atoms with Crippen LogP contribution in [0.4, 0.5) is 0 Å². The van der Waals surface area contributed by atoms with Crippen LogP contribution in [0.2, 0.25) is 0 Å². The van der Waals surface area contributed by atoms with Crippen LogP contribution in [0.1, 0.15) is 10.8 Å². The van der Waals surface area contributed by atoms with Gasteiger partial charge in [0.05, 0.1) is 0 Å². The second-order valence-electron chi connectivity index (χ2n) is 6.15. The molecular formula is C18H23N3O4S2. The molecule has 2 N–H and O–H groups in total. The summed E-state index contributed by atoms with van der Waals surface area (Å²) in [6.07, 6.45) is 0. The second-order valence-corrected chi connectivity index (χ2v) is 9.45. The zero-order valence-electron chi connectivity index (χ0n) is 15.2. The molecule has 0 saturated heterocycles. The van der Waals surface area contributed by atoms with Crippen LogP contribution in [0.25, 0.3) is 0 Å². The van der Waals surface area contributed by atoms with E-state index in [2.05, 4.69) is 10.6 Å². The molecule has 0 unspecified atom stereocenters. The Morgan fingerprint density at radius 3 is 2.30 bits per heavy atom. The normalized spacial score (nSPS) is 12.6. The van der Waals surface area contributed by atoms with Crippen molar-refractivity contribution >= 4 is 33.0 Å². The lowest BCUT2D eigenvalue weighted by atomic mass is 10.1. The molecule has 2 rings (SSSR count). The molecule has 1 heterocycles. The Labute approximate surface area is 163 Å². The van der Waals surface area contributed by atoms with Gasteiger partial charge in [-0.15, -0.1) is 11.3 Å². The highest BCUT2D eigenvalue weighted by molar-refractivity contribution is 7.93. The van der Waals surface area contributed by atoms with Gasteiger partial charge in [0.1, 0.15) is 9.46 Å². The lowest BCUT2D eigenvalue weighted by Crippen LogP contribution is -2.43. The third kappa shape index (κ3) is 5.88. The van der Waals surface area contributed by atoms with Gasteiger partial charge in [0.25, 0.3) is 0 Å². The Hall–Kier alpha value is -2.23. The van der Waals surface area contributed by atoms with Crippen LogP contribution in [0.3, 0.4) is 0 Å². The van der Waals surface area contributed by atoms with E-state index in [0.717, 1.165) is 11.3 Å². The van der Waals surface area contributed by atoms with Crippen LogP contribution >= 0.6 is 11.3 Å². The summed E-state index contributed by atoms with van der Waals surface area (Å²) in [6, 6.07) is 11.8. The maximum absolute atomic E-state index is 13.0. The number of nitrogens with one attached hydrogen (secondary N) is 2. The van der Waals surface area contributed by atoms with Gasteiger partial charge in [-0.2, -0.15) is 0 Å². The average Bonchev–Trinajstić information content (AvgIpc) is 3.17. The van der Waals surface area contributed by atoms with Gasteiger partial charge >= 0.3 is 11.8 Å². The predicted molar refractivity (Wildman–Crippen MR) is 105 cm³/mol. The largest absolute Gasteiger partial charge is 0.347 e. The molecule has 0 spiro atoms. The number of thiophene rings is 1. The molecule has 146 valence electrons. The lowest BCUT2D eigenvalue weighted by Gasteiger charge is -2.18. The SMILES string of the molecule is CN(C)CCNC(=O)C(=O)NC[C@H](c1ccccc1)S(=O)(=O)c1cccs1. The monoisotopic (exact) mass is 409 g/mol. The molecule has 1 aromatic carbocycles. The van der Waals surface area contributed by atoms with Crippen molar-refractivity contribution < 1.29 is 18.0 Å². The van der Waals surface area contributed by atoms with Gasteiger partial charge in [-0.1, -0.05) is 36.4 Å². The van der Waals surface area contributed by atoms with Gasteiger partial charge < -0.3 is 15.5 Å². The summed E-state index contributed by atoms with van der Waals surface area (Å²) in [5.74, 6) is -1.63. The first-order valence-corrected chi connectivity index (χ1v) is 10.8. The number of amides is 2. The minimum atomic E-state index is -3.69. The van der Waals surface area contributed by atoms with Crippen LogP contribution in [0.15, 0.2) is 52.1 Å². The van der Waals surface area contributed by atoms with Gasteiger partial charge in [-0.3, -0.25) is 9.59 Å². The van der Waals surface area contributed by atoms with Crippen molar-refractivity contribution in [2.24, 2.45) is 0 Å². The van der Waals surface area contributed by atoms with Crippen molar-refractivity contribution in [1.29, 1.82) is 0 Å². The zero-order chi connectivity index (χ0) is 19.9. The summed E-state index contributed by atoms with van der Waals surface area (Å²) in [7, 11) is 0.0117. The molecular weight excluding hydrogens is 386 g/mol. The fourth-order valence-corrected chi connectivity index (χ4v) is 5.25. The average molecular weight is 410 g/mol. The highest BCUT2D eigenvalue weighted by atomic mass is 32.2. The number of hydrogen-bond donors (Lipinski definition) is 2. The third-order valence-electron chi connectivity index (χ3n) is 3.82. The summed E-state index contributed by atoms with van der Waals surface area (Å²) < 4.78 is 26.2. The molecule has 0 aliphatic carbocycles. The standard InChI is InChI=1S/C18H23N3O4S2/c1-21(2)11-10-19-17(22)18(23)20-13-15(14-7-4-3-5-8-14)27(24,25)16-9-6-12-26-16/h3-9,12,15H,10-11,13H2,1-2H3,(H,19,22)(H,20,23)/t15-/m1/s1. The minimum Gasteiger partial charge on any atom is -0.347 e. The highest BCUT2D eigenvalue weighted by Crippen LogP contribution is 2.30. The van der Waals surface area contributed by atoms with Crippen molar-refractivity contribution in [1.82, 2.24) is 15.5 Å². The molecule has 0 saturated carbocycles. The molecule has 1 atom stereocenters. The fraction of sp³-hybridized carbons (Fsp3) is 0.333. The Bertz CT molecular complexity index is 850.